The molecule has 4 rings (SSSR count). The van der Waals surface area contributed by atoms with Crippen molar-refractivity contribution in [2.45, 2.75) is 43.1 Å². The Hall–Kier alpha value is -2.67. The first kappa shape index (κ1) is 20.6. The minimum atomic E-state index is -0.854. The molecule has 7 heteroatoms. The molecule has 2 aliphatic rings. The smallest absolute Gasteiger partial charge is 0.308 e. The highest BCUT2D eigenvalue weighted by Crippen LogP contribution is 2.42. The van der Waals surface area contributed by atoms with Gasteiger partial charge in [0.05, 0.1) is 24.2 Å². The summed E-state index contributed by atoms with van der Waals surface area (Å²) in [7, 11) is 0. The Morgan fingerprint density at radius 2 is 1.67 bits per heavy atom. The lowest BCUT2D eigenvalue weighted by Gasteiger charge is -2.29. The molecule has 1 saturated carbocycles. The van der Waals surface area contributed by atoms with Gasteiger partial charge < -0.3 is 20.6 Å². The summed E-state index contributed by atoms with van der Waals surface area (Å²) in [6, 6.07) is 18.0. The van der Waals surface area contributed by atoms with Gasteiger partial charge in [0.15, 0.2) is 4.99 Å². The van der Waals surface area contributed by atoms with Crippen molar-refractivity contribution >= 4 is 35.0 Å². The number of aliphatic carboxylic acids is 1. The highest BCUT2D eigenvalue weighted by atomic mass is 32.2. The Balaban J connectivity index is 1.32. The van der Waals surface area contributed by atoms with Crippen LogP contribution in [0.2, 0.25) is 0 Å². The summed E-state index contributed by atoms with van der Waals surface area (Å²) < 4.78 is 0. The molecule has 0 radical (unpaired) electrons. The number of benzene rings is 2. The SMILES string of the molecule is O=C(O)CC1(SCCCN(C(=O)Cc2ccccc2)C2CC2)Nc2ccccc2N1. The fourth-order valence-electron chi connectivity index (χ4n) is 3.84. The highest BCUT2D eigenvalue weighted by Gasteiger charge is 2.39. The molecule has 1 amide bonds. The van der Waals surface area contributed by atoms with E-state index in [-0.39, 0.29) is 12.3 Å². The van der Waals surface area contributed by atoms with E-state index in [1.54, 1.807) is 11.8 Å². The van der Waals surface area contributed by atoms with Gasteiger partial charge in [0, 0.05) is 12.6 Å². The molecule has 0 unspecified atom stereocenters. The van der Waals surface area contributed by atoms with E-state index in [2.05, 4.69) is 10.6 Å². The van der Waals surface area contributed by atoms with Crippen molar-refractivity contribution < 1.29 is 14.7 Å². The zero-order valence-electron chi connectivity index (χ0n) is 16.8. The Labute approximate surface area is 181 Å². The van der Waals surface area contributed by atoms with Crippen LogP contribution in [0.3, 0.4) is 0 Å². The molecule has 6 nitrogen and oxygen atoms in total. The molecule has 2 aromatic carbocycles. The number of nitrogens with one attached hydrogen (secondary N) is 2. The molecule has 1 aliphatic carbocycles. The van der Waals surface area contributed by atoms with Crippen molar-refractivity contribution in [3.8, 4) is 0 Å². The number of carbonyl (C=O) groups is 2. The average Bonchev–Trinajstić information content (AvgIpc) is 3.48. The first-order valence-corrected chi connectivity index (χ1v) is 11.4. The molecule has 0 aromatic heterocycles. The molecule has 158 valence electrons. The van der Waals surface area contributed by atoms with Crippen molar-refractivity contribution in [1.29, 1.82) is 0 Å². The predicted octanol–water partition coefficient (Wildman–Crippen LogP) is 4.01. The zero-order valence-corrected chi connectivity index (χ0v) is 17.7. The Morgan fingerprint density at radius 3 is 2.27 bits per heavy atom. The monoisotopic (exact) mass is 425 g/mol. The highest BCUT2D eigenvalue weighted by molar-refractivity contribution is 8.00. The maximum atomic E-state index is 12.8. The van der Waals surface area contributed by atoms with Crippen LogP contribution in [0.4, 0.5) is 11.4 Å². The van der Waals surface area contributed by atoms with E-state index in [9.17, 15) is 14.7 Å². The summed E-state index contributed by atoms with van der Waals surface area (Å²) in [6.45, 7) is 0.708. The number of amides is 1. The topological polar surface area (TPSA) is 81.7 Å². The number of fused-ring (bicyclic) bond motifs is 1. The number of thioether (sulfide) groups is 1. The van der Waals surface area contributed by atoms with Gasteiger partial charge in [-0.3, -0.25) is 9.59 Å². The fraction of sp³-hybridized carbons (Fsp3) is 0.391. The van der Waals surface area contributed by atoms with E-state index in [1.807, 2.05) is 59.5 Å². The van der Waals surface area contributed by atoms with Gasteiger partial charge >= 0.3 is 5.97 Å². The lowest BCUT2D eigenvalue weighted by Crippen LogP contribution is -2.41. The van der Waals surface area contributed by atoms with Crippen LogP contribution in [-0.4, -0.2) is 45.2 Å². The van der Waals surface area contributed by atoms with E-state index < -0.39 is 11.0 Å². The van der Waals surface area contributed by atoms with Crippen LogP contribution in [0.1, 0.15) is 31.2 Å². The molecule has 2 aromatic rings. The molecule has 30 heavy (non-hydrogen) atoms. The minimum absolute atomic E-state index is 0.0361. The van der Waals surface area contributed by atoms with Gasteiger partial charge in [0.1, 0.15) is 0 Å². The number of nitrogens with zero attached hydrogens (tertiary/aromatic N) is 1. The van der Waals surface area contributed by atoms with Crippen LogP contribution < -0.4 is 10.6 Å². The summed E-state index contributed by atoms with van der Waals surface area (Å²) >= 11 is 1.57. The maximum Gasteiger partial charge on any atom is 0.308 e. The van der Waals surface area contributed by atoms with Crippen LogP contribution in [-0.2, 0) is 16.0 Å². The molecule has 0 spiro atoms. The van der Waals surface area contributed by atoms with Crippen LogP contribution in [0.5, 0.6) is 0 Å². The first-order valence-electron chi connectivity index (χ1n) is 10.4. The number of carboxylic acids is 1. The van der Waals surface area contributed by atoms with Crippen molar-refractivity contribution in [2.24, 2.45) is 0 Å². The van der Waals surface area contributed by atoms with Gasteiger partial charge in [-0.2, -0.15) is 0 Å². The number of carbonyl (C=O) groups excluding carboxylic acids is 1. The van der Waals surface area contributed by atoms with Crippen molar-refractivity contribution in [3.05, 3.63) is 60.2 Å². The zero-order chi connectivity index (χ0) is 21.0. The Morgan fingerprint density at radius 1 is 1.03 bits per heavy atom. The average molecular weight is 426 g/mol. The number of carboxylic acid groups (broad SMARTS) is 1. The molecule has 0 bridgehead atoms. The molecular weight excluding hydrogens is 398 g/mol. The summed E-state index contributed by atoms with van der Waals surface area (Å²) in [5.74, 6) is 0.0785. The third-order valence-electron chi connectivity index (χ3n) is 5.40. The van der Waals surface area contributed by atoms with E-state index in [0.29, 0.717) is 19.0 Å². The summed E-state index contributed by atoms with van der Waals surface area (Å²) in [5, 5.41) is 16.1. The molecule has 0 saturated heterocycles. The van der Waals surface area contributed by atoms with Crippen LogP contribution in [0, 0.1) is 0 Å². The second-order valence-electron chi connectivity index (χ2n) is 7.88. The number of rotatable bonds is 10. The Bertz CT molecular complexity index is 877. The third-order valence-corrected chi connectivity index (χ3v) is 6.73. The standard InChI is InChI=1S/C23H27N3O3S/c27-21(15-17-7-2-1-3-8-17)26(18-11-12-18)13-6-14-30-23(16-22(28)29)24-19-9-4-5-10-20(19)25-23/h1-5,7-10,18,24-25H,6,11-16H2,(H,28,29). The minimum Gasteiger partial charge on any atom is -0.481 e. The van der Waals surface area contributed by atoms with Crippen molar-refractivity contribution in [2.75, 3.05) is 22.9 Å². The van der Waals surface area contributed by atoms with Crippen molar-refractivity contribution in [1.82, 2.24) is 4.90 Å². The molecule has 1 fully saturated rings. The van der Waals surface area contributed by atoms with Gasteiger partial charge in [-0.15, -0.1) is 11.8 Å². The largest absolute Gasteiger partial charge is 0.481 e. The second kappa shape index (κ2) is 9.00. The van der Waals surface area contributed by atoms with Gasteiger partial charge in [-0.25, -0.2) is 0 Å². The normalized spacial score (nSPS) is 16.3. The lowest BCUT2D eigenvalue weighted by molar-refractivity contribution is -0.137. The van der Waals surface area contributed by atoms with Crippen LogP contribution >= 0.6 is 11.8 Å². The molecule has 1 heterocycles. The number of hydrogen-bond acceptors (Lipinski definition) is 5. The van der Waals surface area contributed by atoms with Crippen molar-refractivity contribution in [3.63, 3.8) is 0 Å². The summed E-state index contributed by atoms with van der Waals surface area (Å²) in [4.78, 5) is 25.5. The predicted molar refractivity (Wildman–Crippen MR) is 121 cm³/mol. The number of anilines is 2. The third kappa shape index (κ3) is 5.08. The van der Waals surface area contributed by atoms with Crippen LogP contribution in [0.15, 0.2) is 54.6 Å². The number of hydrogen-bond donors (Lipinski definition) is 3. The lowest BCUT2D eigenvalue weighted by atomic mass is 10.1. The van der Waals surface area contributed by atoms with Gasteiger partial charge in [-0.1, -0.05) is 42.5 Å². The maximum absolute atomic E-state index is 12.8. The fourth-order valence-corrected chi connectivity index (χ4v) is 5.05. The Kier molecular flexibility index (Phi) is 6.18. The molecule has 3 N–H and O–H groups in total. The molecule has 1 aliphatic heterocycles. The summed E-state index contributed by atoms with van der Waals surface area (Å²) in [6.07, 6.45) is 3.38. The van der Waals surface area contributed by atoms with E-state index in [1.165, 1.54) is 0 Å². The van der Waals surface area contributed by atoms with Gasteiger partial charge in [-0.05, 0) is 42.7 Å². The number of para-hydroxylation sites is 2. The van der Waals surface area contributed by atoms with Gasteiger partial charge in [0.2, 0.25) is 5.91 Å². The summed E-state index contributed by atoms with van der Waals surface area (Å²) in [5.41, 5.74) is 2.88. The molecular formula is C23H27N3O3S. The molecule has 0 atom stereocenters. The van der Waals surface area contributed by atoms with Crippen LogP contribution in [0.25, 0.3) is 0 Å². The van der Waals surface area contributed by atoms with Gasteiger partial charge in [0.25, 0.3) is 0 Å². The second-order valence-corrected chi connectivity index (χ2v) is 9.27. The van der Waals surface area contributed by atoms with E-state index in [0.717, 1.165) is 42.0 Å². The van der Waals surface area contributed by atoms with E-state index in [4.69, 9.17) is 0 Å². The van der Waals surface area contributed by atoms with E-state index >= 15 is 0 Å². The first-order chi connectivity index (χ1) is 14.5. The quantitative estimate of drug-likeness (QED) is 0.499.